The molecular formula is C10H11ClN4S. The molecule has 6 heteroatoms. The first-order valence-electron chi connectivity index (χ1n) is 5.18. The molecule has 4 nitrogen and oxygen atoms in total. The summed E-state index contributed by atoms with van der Waals surface area (Å²) in [5.74, 6) is 0.870. The summed E-state index contributed by atoms with van der Waals surface area (Å²) in [6.07, 6.45) is 3.80. The van der Waals surface area contributed by atoms with Gasteiger partial charge in [-0.3, -0.25) is 5.10 Å². The lowest BCUT2D eigenvalue weighted by Crippen LogP contribution is -2.19. The highest BCUT2D eigenvalue weighted by Gasteiger charge is 2.24. The Morgan fingerprint density at radius 3 is 3.38 bits per heavy atom. The molecule has 2 aromatic heterocycles. The molecule has 0 bridgehead atoms. The van der Waals surface area contributed by atoms with E-state index in [-0.39, 0.29) is 0 Å². The van der Waals surface area contributed by atoms with Gasteiger partial charge in [0, 0.05) is 10.9 Å². The highest BCUT2D eigenvalue weighted by Crippen LogP contribution is 2.39. The molecule has 1 aliphatic carbocycles. The Labute approximate surface area is 102 Å². The van der Waals surface area contributed by atoms with Crippen LogP contribution in [0.5, 0.6) is 0 Å². The molecule has 0 amide bonds. The summed E-state index contributed by atoms with van der Waals surface area (Å²) in [5.41, 5.74) is 1.36. The van der Waals surface area contributed by atoms with E-state index in [0.717, 1.165) is 29.5 Å². The van der Waals surface area contributed by atoms with Crippen LogP contribution in [-0.4, -0.2) is 15.2 Å². The molecule has 2 heterocycles. The number of aromatic amines is 1. The van der Waals surface area contributed by atoms with Crippen molar-refractivity contribution in [3.8, 4) is 0 Å². The molecule has 0 radical (unpaired) electrons. The molecular weight excluding hydrogens is 244 g/mol. The Bertz CT molecular complexity index is 479. The number of rotatable bonds is 3. The Hall–Kier alpha value is -0.910. The van der Waals surface area contributed by atoms with Crippen LogP contribution in [0.15, 0.2) is 12.4 Å². The quantitative estimate of drug-likeness (QED) is 0.884. The van der Waals surface area contributed by atoms with Gasteiger partial charge in [0.1, 0.15) is 12.2 Å². The van der Waals surface area contributed by atoms with Crippen molar-refractivity contribution >= 4 is 22.9 Å². The molecule has 0 spiro atoms. The molecule has 0 aromatic carbocycles. The van der Waals surface area contributed by atoms with Crippen molar-refractivity contribution < 1.29 is 0 Å². The van der Waals surface area contributed by atoms with Crippen molar-refractivity contribution in [2.75, 3.05) is 0 Å². The summed E-state index contributed by atoms with van der Waals surface area (Å²) >= 11 is 7.70. The van der Waals surface area contributed by atoms with Gasteiger partial charge in [0.25, 0.3) is 0 Å². The predicted molar refractivity (Wildman–Crippen MR) is 63.6 cm³/mol. The lowest BCUT2D eigenvalue weighted by Gasteiger charge is -2.10. The van der Waals surface area contributed by atoms with Gasteiger partial charge >= 0.3 is 0 Å². The highest BCUT2D eigenvalue weighted by molar-refractivity contribution is 7.16. The maximum atomic E-state index is 6.01. The second kappa shape index (κ2) is 4.16. The Morgan fingerprint density at radius 1 is 1.62 bits per heavy atom. The van der Waals surface area contributed by atoms with Gasteiger partial charge in [-0.25, -0.2) is 4.98 Å². The molecule has 1 unspecified atom stereocenters. The van der Waals surface area contributed by atoms with E-state index in [1.807, 2.05) is 0 Å². The minimum Gasteiger partial charge on any atom is -0.303 e. The van der Waals surface area contributed by atoms with Gasteiger partial charge in [-0.1, -0.05) is 11.6 Å². The van der Waals surface area contributed by atoms with Gasteiger partial charge in [-0.2, -0.15) is 5.10 Å². The number of fused-ring (bicyclic) bond motifs is 1. The van der Waals surface area contributed by atoms with Gasteiger partial charge < -0.3 is 5.32 Å². The lowest BCUT2D eigenvalue weighted by atomic mass is 10.2. The topological polar surface area (TPSA) is 53.6 Å². The van der Waals surface area contributed by atoms with Crippen LogP contribution in [0.25, 0.3) is 0 Å². The minimum absolute atomic E-state index is 0.406. The normalized spacial score (nSPS) is 18.9. The fourth-order valence-electron chi connectivity index (χ4n) is 2.08. The first-order valence-corrected chi connectivity index (χ1v) is 6.38. The molecule has 0 saturated carbocycles. The van der Waals surface area contributed by atoms with Crippen molar-refractivity contribution in [3.05, 3.63) is 33.0 Å². The summed E-state index contributed by atoms with van der Waals surface area (Å²) in [6, 6.07) is 2.48. The monoisotopic (exact) mass is 254 g/mol. The predicted octanol–water partition coefficient (Wildman–Crippen LogP) is 2.30. The fraction of sp³-hybridized carbons (Fsp3) is 0.400. The third-order valence-corrected chi connectivity index (χ3v) is 4.17. The Balaban J connectivity index is 1.69. The zero-order chi connectivity index (χ0) is 11.0. The number of hydrogen-bond donors (Lipinski definition) is 2. The number of thiophene rings is 1. The molecule has 1 aliphatic rings. The third-order valence-electron chi connectivity index (χ3n) is 2.83. The Morgan fingerprint density at radius 2 is 2.56 bits per heavy atom. The number of halogens is 1. The second-order valence-electron chi connectivity index (χ2n) is 3.83. The smallest absolute Gasteiger partial charge is 0.138 e. The van der Waals surface area contributed by atoms with Crippen LogP contribution in [0.4, 0.5) is 0 Å². The molecule has 0 aliphatic heterocycles. The van der Waals surface area contributed by atoms with Crippen LogP contribution < -0.4 is 5.32 Å². The van der Waals surface area contributed by atoms with Crippen LogP contribution >= 0.6 is 22.9 Å². The van der Waals surface area contributed by atoms with E-state index in [2.05, 4.69) is 26.6 Å². The van der Waals surface area contributed by atoms with E-state index >= 15 is 0 Å². The van der Waals surface area contributed by atoms with E-state index in [4.69, 9.17) is 11.6 Å². The summed E-state index contributed by atoms with van der Waals surface area (Å²) in [7, 11) is 0. The Kier molecular flexibility index (Phi) is 2.67. The zero-order valence-electron chi connectivity index (χ0n) is 8.53. The van der Waals surface area contributed by atoms with Crippen molar-refractivity contribution in [2.45, 2.75) is 25.4 Å². The number of H-pyrrole nitrogens is 1. The van der Waals surface area contributed by atoms with Crippen LogP contribution in [0.3, 0.4) is 0 Å². The zero-order valence-corrected chi connectivity index (χ0v) is 10.1. The van der Waals surface area contributed by atoms with E-state index in [9.17, 15) is 0 Å². The van der Waals surface area contributed by atoms with E-state index in [0.29, 0.717) is 6.04 Å². The summed E-state index contributed by atoms with van der Waals surface area (Å²) in [4.78, 5) is 5.50. The largest absolute Gasteiger partial charge is 0.303 e. The van der Waals surface area contributed by atoms with Crippen molar-refractivity contribution in [1.82, 2.24) is 20.5 Å². The molecule has 2 N–H and O–H groups in total. The summed E-state index contributed by atoms with van der Waals surface area (Å²) < 4.78 is 0.885. The number of nitrogens with one attached hydrogen (secondary N) is 2. The minimum atomic E-state index is 0.406. The van der Waals surface area contributed by atoms with E-state index in [1.54, 1.807) is 11.3 Å². The van der Waals surface area contributed by atoms with Crippen molar-refractivity contribution in [2.24, 2.45) is 0 Å². The molecule has 0 fully saturated rings. The maximum absolute atomic E-state index is 6.01. The molecule has 0 saturated heterocycles. The fourth-order valence-corrected chi connectivity index (χ4v) is 3.44. The molecule has 16 heavy (non-hydrogen) atoms. The van der Waals surface area contributed by atoms with Crippen LogP contribution in [0, 0.1) is 0 Å². The van der Waals surface area contributed by atoms with E-state index < -0.39 is 0 Å². The molecule has 2 aromatic rings. The number of nitrogens with zero attached hydrogens (tertiary/aromatic N) is 2. The highest BCUT2D eigenvalue weighted by atomic mass is 35.5. The van der Waals surface area contributed by atoms with Gasteiger partial charge in [0.15, 0.2) is 0 Å². The van der Waals surface area contributed by atoms with Crippen LogP contribution in [0.1, 0.15) is 28.7 Å². The number of hydrogen-bond acceptors (Lipinski definition) is 4. The average molecular weight is 255 g/mol. The average Bonchev–Trinajstić information content (AvgIpc) is 2.91. The van der Waals surface area contributed by atoms with Crippen LogP contribution in [-0.2, 0) is 13.0 Å². The first-order chi connectivity index (χ1) is 7.83. The van der Waals surface area contributed by atoms with Gasteiger partial charge in [0.2, 0.25) is 0 Å². The first kappa shape index (κ1) is 10.3. The van der Waals surface area contributed by atoms with Gasteiger partial charge in [0.05, 0.1) is 10.9 Å². The summed E-state index contributed by atoms with van der Waals surface area (Å²) in [6.45, 7) is 0.720. The van der Waals surface area contributed by atoms with Gasteiger partial charge in [-0.05, 0) is 24.5 Å². The third kappa shape index (κ3) is 1.86. The second-order valence-corrected chi connectivity index (χ2v) is 5.60. The lowest BCUT2D eigenvalue weighted by molar-refractivity contribution is 0.520. The number of aryl methyl sites for hydroxylation is 1. The van der Waals surface area contributed by atoms with Crippen molar-refractivity contribution in [1.29, 1.82) is 0 Å². The van der Waals surface area contributed by atoms with Crippen LogP contribution in [0.2, 0.25) is 4.34 Å². The number of aromatic nitrogens is 3. The molecule has 1 atom stereocenters. The maximum Gasteiger partial charge on any atom is 0.138 e. The summed E-state index contributed by atoms with van der Waals surface area (Å²) in [5, 5.41) is 10.1. The molecule has 84 valence electrons. The van der Waals surface area contributed by atoms with Gasteiger partial charge in [-0.15, -0.1) is 11.3 Å². The van der Waals surface area contributed by atoms with E-state index in [1.165, 1.54) is 16.8 Å². The molecule has 3 rings (SSSR count). The SMILES string of the molecule is Clc1cc2c(s1)CCC2NCc1ncn[nH]1. The standard InChI is InChI=1S/C10H11ClN4S/c11-9-3-6-7(1-2-8(6)16-9)12-4-10-13-5-14-15-10/h3,5,7,12H,1-2,4H2,(H,13,14,15). The van der Waals surface area contributed by atoms with Crippen molar-refractivity contribution in [3.63, 3.8) is 0 Å².